The number of ether oxygens (including phenoxy) is 3. The number of para-hydroxylation sites is 1. The Labute approximate surface area is 144 Å². The summed E-state index contributed by atoms with van der Waals surface area (Å²) in [7, 11) is 1.39. The van der Waals surface area contributed by atoms with Crippen LogP contribution in [0.1, 0.15) is 12.0 Å². The van der Waals surface area contributed by atoms with Crippen LogP contribution in [-0.4, -0.2) is 25.6 Å². The van der Waals surface area contributed by atoms with Crippen LogP contribution in [0.2, 0.25) is 0 Å². The Balaban J connectivity index is 1.64. The molecule has 0 spiro atoms. The molecule has 5 nitrogen and oxygen atoms in total. The number of cyclic esters (lactones) is 1. The maximum atomic E-state index is 13.7. The van der Waals surface area contributed by atoms with Gasteiger partial charge in [0.05, 0.1) is 20.1 Å². The van der Waals surface area contributed by atoms with Crippen molar-refractivity contribution in [2.24, 2.45) is 4.99 Å². The highest BCUT2D eigenvalue weighted by molar-refractivity contribution is 6.07. The number of hydrogen-bond acceptors (Lipinski definition) is 5. The van der Waals surface area contributed by atoms with Gasteiger partial charge in [-0.05, 0) is 35.9 Å². The number of methoxy groups -OCH3 is 1. The molecule has 6 heteroatoms. The minimum atomic E-state index is -0.564. The molecule has 0 bridgehead atoms. The number of halogens is 1. The number of hydrogen-bond donors (Lipinski definition) is 0. The minimum Gasteiger partial charge on any atom is -0.494 e. The third-order valence-electron chi connectivity index (χ3n) is 3.47. The van der Waals surface area contributed by atoms with Crippen molar-refractivity contribution in [1.29, 1.82) is 0 Å². The molecule has 0 fully saturated rings. The van der Waals surface area contributed by atoms with Crippen LogP contribution in [0.4, 0.5) is 4.39 Å². The fourth-order valence-corrected chi connectivity index (χ4v) is 2.26. The summed E-state index contributed by atoms with van der Waals surface area (Å²) in [5.41, 5.74) is 0.620. The van der Waals surface area contributed by atoms with E-state index >= 15 is 0 Å². The van der Waals surface area contributed by atoms with E-state index in [0.29, 0.717) is 18.6 Å². The van der Waals surface area contributed by atoms with E-state index in [0.717, 1.165) is 5.75 Å². The van der Waals surface area contributed by atoms with Gasteiger partial charge in [0.1, 0.15) is 5.75 Å². The van der Waals surface area contributed by atoms with E-state index in [2.05, 4.69) is 4.99 Å². The number of esters is 1. The van der Waals surface area contributed by atoms with E-state index in [-0.39, 0.29) is 17.3 Å². The molecule has 0 unspecified atom stereocenters. The minimum absolute atomic E-state index is 0.124. The summed E-state index contributed by atoms with van der Waals surface area (Å²) in [5, 5.41) is 0. The Kier molecular flexibility index (Phi) is 5.09. The van der Waals surface area contributed by atoms with Crippen LogP contribution in [0, 0.1) is 5.82 Å². The van der Waals surface area contributed by atoms with Crippen molar-refractivity contribution in [1.82, 2.24) is 0 Å². The Morgan fingerprint density at radius 2 is 2.00 bits per heavy atom. The lowest BCUT2D eigenvalue weighted by Gasteiger charge is -2.04. The van der Waals surface area contributed by atoms with Gasteiger partial charge in [0.15, 0.2) is 17.3 Å². The van der Waals surface area contributed by atoms with Crippen molar-refractivity contribution in [3.63, 3.8) is 0 Å². The molecular weight excluding hydrogens is 325 g/mol. The van der Waals surface area contributed by atoms with Crippen molar-refractivity contribution in [2.45, 2.75) is 6.42 Å². The van der Waals surface area contributed by atoms with E-state index in [1.165, 1.54) is 25.3 Å². The topological polar surface area (TPSA) is 57.1 Å². The molecule has 0 aliphatic carbocycles. The highest BCUT2D eigenvalue weighted by Gasteiger charge is 2.22. The Morgan fingerprint density at radius 1 is 1.20 bits per heavy atom. The van der Waals surface area contributed by atoms with Crippen LogP contribution in [-0.2, 0) is 9.53 Å². The van der Waals surface area contributed by atoms with Crippen LogP contribution in [0.3, 0.4) is 0 Å². The van der Waals surface area contributed by atoms with Crippen LogP contribution in [0.15, 0.2) is 59.2 Å². The number of carbonyl (C=O) groups excluding carboxylic acids is 1. The average molecular weight is 341 g/mol. The lowest BCUT2D eigenvalue weighted by molar-refractivity contribution is -0.130. The van der Waals surface area contributed by atoms with E-state index in [1.54, 1.807) is 6.07 Å². The van der Waals surface area contributed by atoms with Gasteiger partial charge in [-0.1, -0.05) is 24.3 Å². The van der Waals surface area contributed by atoms with Gasteiger partial charge in [0.25, 0.3) is 0 Å². The first-order chi connectivity index (χ1) is 12.2. The van der Waals surface area contributed by atoms with Crippen molar-refractivity contribution in [3.05, 3.63) is 65.6 Å². The molecule has 1 aliphatic heterocycles. The summed E-state index contributed by atoms with van der Waals surface area (Å²) >= 11 is 0. The summed E-state index contributed by atoms with van der Waals surface area (Å²) < 4.78 is 29.2. The highest BCUT2D eigenvalue weighted by Crippen LogP contribution is 2.22. The van der Waals surface area contributed by atoms with Crippen LogP contribution >= 0.6 is 0 Å². The van der Waals surface area contributed by atoms with Gasteiger partial charge in [-0.25, -0.2) is 14.2 Å². The standard InChI is InChI=1S/C19H16FNO4/c1-23-17-8-7-13(11-15(17)20)12-16-19(22)25-18(21-16)9-10-24-14-5-3-2-4-6-14/h2-8,11-12H,9-10H2,1H3/b16-12+. The van der Waals surface area contributed by atoms with Gasteiger partial charge >= 0.3 is 5.97 Å². The second-order valence-electron chi connectivity index (χ2n) is 5.23. The van der Waals surface area contributed by atoms with Gasteiger partial charge in [-0.2, -0.15) is 0 Å². The van der Waals surface area contributed by atoms with E-state index in [9.17, 15) is 9.18 Å². The number of nitrogens with zero attached hydrogens (tertiary/aromatic N) is 1. The van der Waals surface area contributed by atoms with Gasteiger partial charge in [-0.15, -0.1) is 0 Å². The van der Waals surface area contributed by atoms with Crippen molar-refractivity contribution in [2.75, 3.05) is 13.7 Å². The van der Waals surface area contributed by atoms with Gasteiger partial charge in [0, 0.05) is 0 Å². The molecule has 0 saturated carbocycles. The molecule has 2 aromatic carbocycles. The van der Waals surface area contributed by atoms with Crippen LogP contribution in [0.5, 0.6) is 11.5 Å². The number of benzene rings is 2. The van der Waals surface area contributed by atoms with Gasteiger partial charge in [0.2, 0.25) is 5.90 Å². The Hall–Kier alpha value is -3.15. The number of aliphatic imine (C=N–C) groups is 1. The maximum Gasteiger partial charge on any atom is 0.363 e. The zero-order chi connectivity index (χ0) is 17.6. The third kappa shape index (κ3) is 4.23. The molecule has 3 rings (SSSR count). The molecule has 25 heavy (non-hydrogen) atoms. The lowest BCUT2D eigenvalue weighted by Crippen LogP contribution is -2.08. The first-order valence-electron chi connectivity index (χ1n) is 7.68. The fraction of sp³-hybridized carbons (Fsp3) is 0.158. The normalized spacial score (nSPS) is 15.0. The highest BCUT2D eigenvalue weighted by atomic mass is 19.1. The zero-order valence-electron chi connectivity index (χ0n) is 13.6. The monoisotopic (exact) mass is 341 g/mol. The quantitative estimate of drug-likeness (QED) is 0.595. The lowest BCUT2D eigenvalue weighted by atomic mass is 10.2. The van der Waals surface area contributed by atoms with Crippen LogP contribution in [0.25, 0.3) is 6.08 Å². The second-order valence-corrected chi connectivity index (χ2v) is 5.23. The predicted molar refractivity (Wildman–Crippen MR) is 91.0 cm³/mol. The molecule has 0 aromatic heterocycles. The van der Waals surface area contributed by atoms with E-state index in [4.69, 9.17) is 14.2 Å². The molecule has 1 aliphatic rings. The molecule has 0 N–H and O–H groups in total. The Bertz CT molecular complexity index is 831. The fourth-order valence-electron chi connectivity index (χ4n) is 2.26. The summed E-state index contributed by atoms with van der Waals surface area (Å²) in [5.74, 6) is 0.0751. The molecular formula is C19H16FNO4. The maximum absolute atomic E-state index is 13.7. The summed E-state index contributed by atoms with van der Waals surface area (Å²) in [6, 6.07) is 13.7. The van der Waals surface area contributed by atoms with Crippen molar-refractivity contribution < 1.29 is 23.4 Å². The van der Waals surface area contributed by atoms with E-state index < -0.39 is 11.8 Å². The second kappa shape index (κ2) is 7.61. The molecule has 1 heterocycles. The summed E-state index contributed by atoms with van der Waals surface area (Å²) in [6.45, 7) is 0.334. The van der Waals surface area contributed by atoms with E-state index in [1.807, 2.05) is 30.3 Å². The smallest absolute Gasteiger partial charge is 0.363 e. The predicted octanol–water partition coefficient (Wildman–Crippen LogP) is 3.60. The average Bonchev–Trinajstić information content (AvgIpc) is 2.95. The first-order valence-corrected chi connectivity index (χ1v) is 7.68. The molecule has 0 saturated heterocycles. The molecule has 0 radical (unpaired) electrons. The largest absolute Gasteiger partial charge is 0.494 e. The Morgan fingerprint density at radius 3 is 2.72 bits per heavy atom. The third-order valence-corrected chi connectivity index (χ3v) is 3.47. The summed E-state index contributed by atoms with van der Waals surface area (Å²) in [4.78, 5) is 16.0. The first kappa shape index (κ1) is 16.7. The molecule has 2 aromatic rings. The van der Waals surface area contributed by atoms with Crippen molar-refractivity contribution >= 4 is 17.9 Å². The SMILES string of the molecule is COc1ccc(/C=C2/N=C(CCOc3ccccc3)OC2=O)cc1F. The zero-order valence-corrected chi connectivity index (χ0v) is 13.6. The van der Waals surface area contributed by atoms with Gasteiger partial charge < -0.3 is 14.2 Å². The molecule has 0 amide bonds. The van der Waals surface area contributed by atoms with Gasteiger partial charge in [-0.3, -0.25) is 0 Å². The number of rotatable bonds is 6. The van der Waals surface area contributed by atoms with Crippen molar-refractivity contribution in [3.8, 4) is 11.5 Å². The number of carbonyl (C=O) groups is 1. The van der Waals surface area contributed by atoms with Crippen LogP contribution < -0.4 is 9.47 Å². The summed E-state index contributed by atoms with van der Waals surface area (Å²) in [6.07, 6.45) is 1.82. The molecule has 128 valence electrons. The molecule has 0 atom stereocenters.